The Balaban J connectivity index is 3.07. The van der Waals surface area contributed by atoms with E-state index in [1.54, 1.807) is 21.1 Å². The van der Waals surface area contributed by atoms with Gasteiger partial charge in [-0.25, -0.2) is 5.43 Å². The van der Waals surface area contributed by atoms with Crippen molar-refractivity contribution in [1.29, 1.82) is 5.26 Å². The Bertz CT molecular complexity index is 428. The molecule has 0 aliphatic carbocycles. The van der Waals surface area contributed by atoms with E-state index in [0.717, 1.165) is 11.3 Å². The molecule has 0 heterocycles. The molecule has 1 unspecified atom stereocenters. The van der Waals surface area contributed by atoms with Crippen LogP contribution < -0.4 is 20.7 Å². The third kappa shape index (κ3) is 3.09. The Labute approximate surface area is 101 Å². The number of nitrogens with zero attached hydrogens (tertiary/aromatic N) is 1. The fourth-order valence-corrected chi connectivity index (χ4v) is 1.52. The highest BCUT2D eigenvalue weighted by Crippen LogP contribution is 2.27. The summed E-state index contributed by atoms with van der Waals surface area (Å²) in [5.41, 5.74) is 2.54. The van der Waals surface area contributed by atoms with Crippen LogP contribution >= 0.6 is 0 Å². The highest BCUT2D eigenvalue weighted by Gasteiger charge is 2.24. The Morgan fingerprint density at radius 2 is 2.12 bits per heavy atom. The second-order valence-electron chi connectivity index (χ2n) is 3.94. The standard InChI is InChI=1S/C12H17N3O2/c1-12(8-13,15-14)7-9-6-10(16-2)4-5-11(9)17-3/h4-6,15H,7,14H2,1-3H3. The molecule has 0 radical (unpaired) electrons. The molecule has 1 aromatic rings. The van der Waals surface area contributed by atoms with Crippen molar-refractivity contribution in [1.82, 2.24) is 5.43 Å². The number of nitriles is 1. The van der Waals surface area contributed by atoms with E-state index in [4.69, 9.17) is 20.6 Å². The molecule has 1 rings (SSSR count). The fourth-order valence-electron chi connectivity index (χ4n) is 1.52. The molecule has 1 atom stereocenters. The van der Waals surface area contributed by atoms with Crippen LogP contribution in [0.4, 0.5) is 0 Å². The molecule has 92 valence electrons. The van der Waals surface area contributed by atoms with Crippen molar-refractivity contribution >= 4 is 0 Å². The topological polar surface area (TPSA) is 80.3 Å². The van der Waals surface area contributed by atoms with Crippen molar-refractivity contribution in [3.63, 3.8) is 0 Å². The molecule has 0 saturated carbocycles. The third-order valence-corrected chi connectivity index (χ3v) is 2.60. The van der Waals surface area contributed by atoms with Gasteiger partial charge in [0.25, 0.3) is 0 Å². The number of hydrazine groups is 1. The molecule has 3 N–H and O–H groups in total. The molecular weight excluding hydrogens is 218 g/mol. The van der Waals surface area contributed by atoms with E-state index in [-0.39, 0.29) is 0 Å². The van der Waals surface area contributed by atoms with Gasteiger partial charge in [-0.2, -0.15) is 5.26 Å². The highest BCUT2D eigenvalue weighted by molar-refractivity contribution is 5.42. The van der Waals surface area contributed by atoms with Crippen molar-refractivity contribution in [3.05, 3.63) is 23.8 Å². The van der Waals surface area contributed by atoms with E-state index in [0.29, 0.717) is 12.2 Å². The maximum atomic E-state index is 9.07. The molecule has 1 aromatic carbocycles. The van der Waals surface area contributed by atoms with Gasteiger partial charge in [-0.3, -0.25) is 5.84 Å². The van der Waals surface area contributed by atoms with E-state index in [1.807, 2.05) is 18.2 Å². The average molecular weight is 235 g/mol. The number of rotatable bonds is 5. The highest BCUT2D eigenvalue weighted by atomic mass is 16.5. The monoisotopic (exact) mass is 235 g/mol. The Hall–Kier alpha value is -1.77. The van der Waals surface area contributed by atoms with Crippen molar-refractivity contribution < 1.29 is 9.47 Å². The first-order chi connectivity index (χ1) is 8.08. The van der Waals surface area contributed by atoms with Crippen LogP contribution in [0.5, 0.6) is 11.5 Å². The summed E-state index contributed by atoms with van der Waals surface area (Å²) in [6.07, 6.45) is 0.431. The van der Waals surface area contributed by atoms with E-state index >= 15 is 0 Å². The number of nitrogens with two attached hydrogens (primary N) is 1. The Morgan fingerprint density at radius 1 is 1.41 bits per heavy atom. The molecule has 0 spiro atoms. The second kappa shape index (κ2) is 5.53. The molecule has 17 heavy (non-hydrogen) atoms. The zero-order chi connectivity index (χ0) is 12.9. The second-order valence-corrected chi connectivity index (χ2v) is 3.94. The Kier molecular flexibility index (Phi) is 4.32. The molecule has 0 aliphatic rings. The van der Waals surface area contributed by atoms with Crippen LogP contribution in [-0.4, -0.2) is 19.8 Å². The van der Waals surface area contributed by atoms with Crippen molar-refractivity contribution in [2.75, 3.05) is 14.2 Å². The predicted molar refractivity (Wildman–Crippen MR) is 64.6 cm³/mol. The lowest BCUT2D eigenvalue weighted by atomic mass is 9.94. The number of ether oxygens (including phenoxy) is 2. The lowest BCUT2D eigenvalue weighted by molar-refractivity contribution is 0.388. The molecular formula is C12H17N3O2. The normalized spacial score (nSPS) is 13.6. The van der Waals surface area contributed by atoms with E-state index < -0.39 is 5.54 Å². The van der Waals surface area contributed by atoms with Crippen molar-refractivity contribution in [3.8, 4) is 17.6 Å². The van der Waals surface area contributed by atoms with Crippen LogP contribution in [0.25, 0.3) is 0 Å². The minimum atomic E-state index is -0.834. The number of hydrogen-bond acceptors (Lipinski definition) is 5. The van der Waals surface area contributed by atoms with E-state index in [9.17, 15) is 0 Å². The summed E-state index contributed by atoms with van der Waals surface area (Å²) in [7, 11) is 3.18. The predicted octanol–water partition coefficient (Wildman–Crippen LogP) is 0.992. The van der Waals surface area contributed by atoms with Crippen LogP contribution in [0.2, 0.25) is 0 Å². The summed E-state index contributed by atoms with van der Waals surface area (Å²) in [6, 6.07) is 7.59. The van der Waals surface area contributed by atoms with Gasteiger partial charge < -0.3 is 9.47 Å². The maximum Gasteiger partial charge on any atom is 0.122 e. The molecule has 5 nitrogen and oxygen atoms in total. The summed E-state index contributed by atoms with van der Waals surface area (Å²) in [4.78, 5) is 0. The van der Waals surface area contributed by atoms with E-state index in [2.05, 4.69) is 11.5 Å². The van der Waals surface area contributed by atoms with Crippen LogP contribution in [0, 0.1) is 11.3 Å². The molecule has 0 aromatic heterocycles. The summed E-state index contributed by atoms with van der Waals surface area (Å²) in [5.74, 6) is 6.81. The summed E-state index contributed by atoms with van der Waals surface area (Å²) in [6.45, 7) is 1.73. The first-order valence-corrected chi connectivity index (χ1v) is 5.18. The van der Waals surface area contributed by atoms with Gasteiger partial charge in [0.05, 0.1) is 20.3 Å². The van der Waals surface area contributed by atoms with Gasteiger partial charge in [-0.05, 0) is 25.1 Å². The number of nitrogens with one attached hydrogen (secondary N) is 1. The van der Waals surface area contributed by atoms with Crippen molar-refractivity contribution in [2.24, 2.45) is 5.84 Å². The fraction of sp³-hybridized carbons (Fsp3) is 0.417. The van der Waals surface area contributed by atoms with Gasteiger partial charge in [0.15, 0.2) is 0 Å². The summed E-state index contributed by atoms with van der Waals surface area (Å²) >= 11 is 0. The number of hydrogen-bond donors (Lipinski definition) is 2. The molecule has 0 aliphatic heterocycles. The lowest BCUT2D eigenvalue weighted by Gasteiger charge is -2.21. The van der Waals surface area contributed by atoms with Gasteiger partial charge in [-0.1, -0.05) is 0 Å². The smallest absolute Gasteiger partial charge is 0.122 e. The third-order valence-electron chi connectivity index (χ3n) is 2.60. The minimum Gasteiger partial charge on any atom is -0.497 e. The Morgan fingerprint density at radius 3 is 2.59 bits per heavy atom. The van der Waals surface area contributed by atoms with Crippen molar-refractivity contribution in [2.45, 2.75) is 18.9 Å². The quantitative estimate of drug-likeness (QED) is 0.587. The number of methoxy groups -OCH3 is 2. The van der Waals surface area contributed by atoms with Crippen LogP contribution in [-0.2, 0) is 6.42 Å². The van der Waals surface area contributed by atoms with Gasteiger partial charge in [0.2, 0.25) is 0 Å². The summed E-state index contributed by atoms with van der Waals surface area (Å²) < 4.78 is 10.4. The number of benzene rings is 1. The van der Waals surface area contributed by atoms with Gasteiger partial charge in [-0.15, -0.1) is 0 Å². The zero-order valence-corrected chi connectivity index (χ0v) is 10.3. The van der Waals surface area contributed by atoms with Crippen LogP contribution in [0.1, 0.15) is 12.5 Å². The minimum absolute atomic E-state index is 0.431. The van der Waals surface area contributed by atoms with E-state index in [1.165, 1.54) is 0 Å². The molecule has 0 fully saturated rings. The van der Waals surface area contributed by atoms with Crippen LogP contribution in [0.3, 0.4) is 0 Å². The summed E-state index contributed by atoms with van der Waals surface area (Å²) in [5, 5.41) is 9.07. The largest absolute Gasteiger partial charge is 0.497 e. The van der Waals surface area contributed by atoms with Gasteiger partial charge >= 0.3 is 0 Å². The van der Waals surface area contributed by atoms with Gasteiger partial charge in [0, 0.05) is 12.0 Å². The zero-order valence-electron chi connectivity index (χ0n) is 10.3. The average Bonchev–Trinajstić information content (AvgIpc) is 2.38. The first-order valence-electron chi connectivity index (χ1n) is 5.18. The van der Waals surface area contributed by atoms with Crippen LogP contribution in [0.15, 0.2) is 18.2 Å². The lowest BCUT2D eigenvalue weighted by Crippen LogP contribution is -2.47. The first kappa shape index (κ1) is 13.3. The SMILES string of the molecule is COc1ccc(OC)c(CC(C)(C#N)NN)c1. The maximum absolute atomic E-state index is 9.07. The molecule has 0 bridgehead atoms. The van der Waals surface area contributed by atoms with Gasteiger partial charge in [0.1, 0.15) is 17.0 Å². The molecule has 5 heteroatoms. The molecule has 0 amide bonds. The molecule has 0 saturated heterocycles.